The molecule has 2 heterocycles. The summed E-state index contributed by atoms with van der Waals surface area (Å²) in [5.41, 5.74) is 0. The quantitative estimate of drug-likeness (QED) is 0.692. The van der Waals surface area contributed by atoms with Gasteiger partial charge in [-0.15, -0.1) is 21.5 Å². The third-order valence-electron chi connectivity index (χ3n) is 2.75. The van der Waals surface area contributed by atoms with Crippen molar-refractivity contribution >= 4 is 21.4 Å². The molecule has 2 aromatic heterocycles. The average molecular weight is 330 g/mol. The molecule has 0 aliphatic heterocycles. The Morgan fingerprint density at radius 3 is 2.76 bits per heavy atom. The van der Waals surface area contributed by atoms with E-state index in [1.165, 1.54) is 11.3 Å². The molecule has 3 N–H and O–H groups in total. The predicted molar refractivity (Wildman–Crippen MR) is 79.2 cm³/mol. The summed E-state index contributed by atoms with van der Waals surface area (Å²) in [6.07, 6.45) is 0. The van der Waals surface area contributed by atoms with Crippen molar-refractivity contribution in [1.82, 2.24) is 30.7 Å². The van der Waals surface area contributed by atoms with Crippen LogP contribution in [0.3, 0.4) is 0 Å². The van der Waals surface area contributed by atoms with Crippen molar-refractivity contribution in [3.8, 4) is 0 Å². The normalized spacial score (nSPS) is 13.7. The Labute approximate surface area is 127 Å². The lowest BCUT2D eigenvalue weighted by molar-refractivity contribution is 0.555. The Hall–Kier alpha value is -1.36. The van der Waals surface area contributed by atoms with Gasteiger partial charge in [0.05, 0.1) is 10.9 Å². The average Bonchev–Trinajstić information content (AvgIpc) is 3.07. The van der Waals surface area contributed by atoms with Crippen molar-refractivity contribution in [1.29, 1.82) is 0 Å². The van der Waals surface area contributed by atoms with Gasteiger partial charge in [-0.2, -0.15) is 5.21 Å². The number of H-pyrrole nitrogens is 1. The smallest absolute Gasteiger partial charge is 0.242 e. The van der Waals surface area contributed by atoms with E-state index in [0.29, 0.717) is 12.4 Å². The molecule has 2 rings (SSSR count). The first-order chi connectivity index (χ1) is 9.90. The fourth-order valence-electron chi connectivity index (χ4n) is 1.70. The lowest BCUT2D eigenvalue weighted by Gasteiger charge is -2.12. The van der Waals surface area contributed by atoms with Gasteiger partial charge < -0.3 is 5.32 Å². The zero-order valence-electron chi connectivity index (χ0n) is 12.0. The Bertz CT molecular complexity index is 665. The van der Waals surface area contributed by atoms with Crippen molar-refractivity contribution in [2.75, 3.05) is 0 Å². The van der Waals surface area contributed by atoms with Crippen LogP contribution in [0.5, 0.6) is 0 Å². The minimum atomic E-state index is -3.62. The van der Waals surface area contributed by atoms with Gasteiger partial charge in [-0.05, 0) is 18.4 Å². The number of hydrogen-bond acceptors (Lipinski definition) is 7. The van der Waals surface area contributed by atoms with Crippen molar-refractivity contribution in [2.45, 2.75) is 44.3 Å². The zero-order valence-corrected chi connectivity index (χ0v) is 13.6. The number of sulfonamides is 1. The number of nitrogens with one attached hydrogen (secondary N) is 3. The van der Waals surface area contributed by atoms with Gasteiger partial charge in [0.1, 0.15) is 0 Å². The number of aromatic nitrogens is 4. The molecule has 0 bridgehead atoms. The summed E-state index contributed by atoms with van der Waals surface area (Å²) in [6, 6.07) is 1.33. The summed E-state index contributed by atoms with van der Waals surface area (Å²) < 4.78 is 27.4. The van der Waals surface area contributed by atoms with Crippen molar-refractivity contribution in [3.05, 3.63) is 22.1 Å². The van der Waals surface area contributed by atoms with E-state index >= 15 is 0 Å². The molecule has 10 heteroatoms. The molecule has 0 aromatic carbocycles. The maximum atomic E-state index is 12.4. The van der Waals surface area contributed by atoms with Gasteiger partial charge in [-0.3, -0.25) is 0 Å². The van der Waals surface area contributed by atoms with E-state index in [1.54, 1.807) is 18.4 Å². The van der Waals surface area contributed by atoms with Gasteiger partial charge >= 0.3 is 0 Å². The highest BCUT2D eigenvalue weighted by molar-refractivity contribution is 7.89. The third-order valence-corrected chi connectivity index (χ3v) is 5.42. The van der Waals surface area contributed by atoms with Crippen LogP contribution in [0.25, 0.3) is 0 Å². The first kappa shape index (κ1) is 16.0. The molecule has 0 aliphatic carbocycles. The number of hydrogen-bond donors (Lipinski definition) is 3. The molecule has 0 radical (unpaired) electrons. The van der Waals surface area contributed by atoms with Gasteiger partial charge in [0.2, 0.25) is 10.0 Å². The maximum absolute atomic E-state index is 12.4. The molecule has 1 unspecified atom stereocenters. The second-order valence-electron chi connectivity index (χ2n) is 4.86. The highest BCUT2D eigenvalue weighted by Crippen LogP contribution is 2.23. The maximum Gasteiger partial charge on any atom is 0.242 e. The monoisotopic (exact) mass is 330 g/mol. The molecule has 8 nitrogen and oxygen atoms in total. The molecule has 0 spiro atoms. The summed E-state index contributed by atoms with van der Waals surface area (Å²) in [6.45, 7) is 6.21. The first-order valence-electron chi connectivity index (χ1n) is 6.45. The molecular weight excluding hydrogens is 312 g/mol. The SMILES string of the molecule is CC(C)NCc1sccc1S(=O)(=O)NC(C)c1nn[nH]n1. The van der Waals surface area contributed by atoms with Gasteiger partial charge in [0, 0.05) is 17.5 Å². The van der Waals surface area contributed by atoms with Gasteiger partial charge in [-0.25, -0.2) is 13.1 Å². The predicted octanol–water partition coefficient (Wildman–Crippen LogP) is 0.799. The number of rotatable bonds is 7. The summed E-state index contributed by atoms with van der Waals surface area (Å²) >= 11 is 1.41. The molecule has 0 saturated heterocycles. The van der Waals surface area contributed by atoms with E-state index in [1.807, 2.05) is 13.8 Å². The van der Waals surface area contributed by atoms with E-state index in [9.17, 15) is 8.42 Å². The summed E-state index contributed by atoms with van der Waals surface area (Å²) in [5, 5.41) is 18.3. The summed E-state index contributed by atoms with van der Waals surface area (Å²) in [5.74, 6) is 0.302. The van der Waals surface area contributed by atoms with Crippen LogP contribution in [0.1, 0.15) is 37.5 Å². The van der Waals surface area contributed by atoms with E-state index in [0.717, 1.165) is 4.88 Å². The van der Waals surface area contributed by atoms with Crippen LogP contribution in [-0.2, 0) is 16.6 Å². The van der Waals surface area contributed by atoms with Crippen molar-refractivity contribution < 1.29 is 8.42 Å². The minimum Gasteiger partial charge on any atom is -0.310 e. The van der Waals surface area contributed by atoms with E-state index in [-0.39, 0.29) is 10.9 Å². The Kier molecular flexibility index (Phi) is 5.04. The Morgan fingerprint density at radius 1 is 1.38 bits per heavy atom. The number of thiophene rings is 1. The van der Waals surface area contributed by atoms with E-state index in [2.05, 4.69) is 30.7 Å². The molecule has 1 atom stereocenters. The first-order valence-corrected chi connectivity index (χ1v) is 8.82. The third kappa shape index (κ3) is 4.06. The molecule has 116 valence electrons. The summed E-state index contributed by atoms with van der Waals surface area (Å²) in [4.78, 5) is 1.06. The topological polar surface area (TPSA) is 113 Å². The molecule has 0 amide bonds. The van der Waals surface area contributed by atoms with Gasteiger partial charge in [0.25, 0.3) is 0 Å². The lowest BCUT2D eigenvalue weighted by atomic mass is 10.3. The fraction of sp³-hybridized carbons (Fsp3) is 0.545. The number of nitrogens with zero attached hydrogens (tertiary/aromatic N) is 3. The highest BCUT2D eigenvalue weighted by atomic mass is 32.2. The van der Waals surface area contributed by atoms with Gasteiger partial charge in [0.15, 0.2) is 5.82 Å². The van der Waals surface area contributed by atoms with Crippen molar-refractivity contribution in [3.63, 3.8) is 0 Å². The van der Waals surface area contributed by atoms with Crippen LogP contribution >= 0.6 is 11.3 Å². The summed E-state index contributed by atoms with van der Waals surface area (Å²) in [7, 11) is -3.62. The van der Waals surface area contributed by atoms with Crippen LogP contribution in [0, 0.1) is 0 Å². The standard InChI is InChI=1S/C11H18N6O2S2/c1-7(2)12-6-9-10(4-5-20-9)21(18,19)15-8(3)11-13-16-17-14-11/h4-5,7-8,12,15H,6H2,1-3H3,(H,13,14,16,17). The Morgan fingerprint density at radius 2 is 2.14 bits per heavy atom. The molecule has 0 fully saturated rings. The van der Waals surface area contributed by atoms with Crippen LogP contribution in [0.2, 0.25) is 0 Å². The van der Waals surface area contributed by atoms with Crippen LogP contribution in [-0.4, -0.2) is 35.1 Å². The van der Waals surface area contributed by atoms with Crippen LogP contribution in [0.15, 0.2) is 16.3 Å². The minimum absolute atomic E-state index is 0.286. The van der Waals surface area contributed by atoms with Crippen LogP contribution in [0.4, 0.5) is 0 Å². The second kappa shape index (κ2) is 6.60. The van der Waals surface area contributed by atoms with E-state index < -0.39 is 16.1 Å². The molecule has 0 saturated carbocycles. The van der Waals surface area contributed by atoms with E-state index in [4.69, 9.17) is 0 Å². The van der Waals surface area contributed by atoms with Crippen LogP contribution < -0.4 is 10.0 Å². The Balaban J connectivity index is 2.14. The van der Waals surface area contributed by atoms with Crippen molar-refractivity contribution in [2.24, 2.45) is 0 Å². The van der Waals surface area contributed by atoms with Gasteiger partial charge in [-0.1, -0.05) is 19.1 Å². The largest absolute Gasteiger partial charge is 0.310 e. The zero-order chi connectivity index (χ0) is 15.5. The lowest BCUT2D eigenvalue weighted by Crippen LogP contribution is -2.29. The highest BCUT2D eigenvalue weighted by Gasteiger charge is 2.24. The second-order valence-corrected chi connectivity index (χ2v) is 7.54. The molecular formula is C11H18N6O2S2. The molecule has 0 aliphatic rings. The molecule has 2 aromatic rings. The molecule has 21 heavy (non-hydrogen) atoms. The fourth-order valence-corrected chi connectivity index (χ4v) is 4.29. The number of aromatic amines is 1. The number of tetrazole rings is 1.